The lowest BCUT2D eigenvalue weighted by atomic mass is 10.0. The highest BCUT2D eigenvalue weighted by atomic mass is 35.5. The number of nitrogens with one attached hydrogen (secondary N) is 1. The van der Waals surface area contributed by atoms with Crippen LogP contribution >= 0.6 is 22.9 Å². The van der Waals surface area contributed by atoms with E-state index < -0.39 is 0 Å². The first-order chi connectivity index (χ1) is 8.52. The van der Waals surface area contributed by atoms with Gasteiger partial charge in [-0.05, 0) is 45.0 Å². The second-order valence-electron chi connectivity index (χ2n) is 4.41. The fourth-order valence-electron chi connectivity index (χ4n) is 2.05. The van der Waals surface area contributed by atoms with Gasteiger partial charge >= 0.3 is 0 Å². The van der Waals surface area contributed by atoms with Crippen LogP contribution in [0.2, 0.25) is 5.02 Å². The van der Waals surface area contributed by atoms with Crippen LogP contribution in [0.4, 0.5) is 0 Å². The second-order valence-corrected chi connectivity index (χ2v) is 6.05. The van der Waals surface area contributed by atoms with Crippen molar-refractivity contribution in [2.45, 2.75) is 26.8 Å². The number of benzene rings is 1. The number of thiazole rings is 1. The van der Waals surface area contributed by atoms with Crippen LogP contribution in [0.3, 0.4) is 0 Å². The van der Waals surface area contributed by atoms with Gasteiger partial charge in [0, 0.05) is 9.90 Å². The summed E-state index contributed by atoms with van der Waals surface area (Å²) in [5, 5.41) is 5.26. The molecule has 1 aromatic carbocycles. The summed E-state index contributed by atoms with van der Waals surface area (Å²) in [6.07, 6.45) is 0. The largest absolute Gasteiger partial charge is 0.309 e. The van der Waals surface area contributed by atoms with E-state index in [1.807, 2.05) is 27.0 Å². The Labute approximate surface area is 117 Å². The predicted molar refractivity (Wildman–Crippen MR) is 78.7 cm³/mol. The first-order valence-corrected chi connectivity index (χ1v) is 7.09. The molecule has 0 amide bonds. The highest BCUT2D eigenvalue weighted by Crippen LogP contribution is 2.31. The van der Waals surface area contributed by atoms with Crippen molar-refractivity contribution in [2.75, 3.05) is 7.05 Å². The van der Waals surface area contributed by atoms with Crippen LogP contribution in [0.1, 0.15) is 32.7 Å². The van der Waals surface area contributed by atoms with Crippen LogP contribution < -0.4 is 5.32 Å². The SMILES string of the molecule is CNC(c1ccc(C)c(Cl)c1)c1sc(C)nc1C. The molecule has 2 nitrogen and oxygen atoms in total. The summed E-state index contributed by atoms with van der Waals surface area (Å²) in [6, 6.07) is 6.38. The Morgan fingerprint density at radius 2 is 2.00 bits per heavy atom. The third-order valence-electron chi connectivity index (χ3n) is 3.02. The second kappa shape index (κ2) is 5.39. The molecule has 0 aliphatic heterocycles. The number of aromatic nitrogens is 1. The number of hydrogen-bond donors (Lipinski definition) is 1. The van der Waals surface area contributed by atoms with Crippen LogP contribution in [-0.2, 0) is 0 Å². The van der Waals surface area contributed by atoms with Gasteiger partial charge in [-0.25, -0.2) is 4.98 Å². The third-order valence-corrected chi connectivity index (χ3v) is 4.56. The smallest absolute Gasteiger partial charge is 0.0900 e. The topological polar surface area (TPSA) is 24.9 Å². The molecule has 0 bridgehead atoms. The molecule has 0 spiro atoms. The van der Waals surface area contributed by atoms with Crippen molar-refractivity contribution < 1.29 is 0 Å². The van der Waals surface area contributed by atoms with Gasteiger partial charge in [0.15, 0.2) is 0 Å². The number of hydrogen-bond acceptors (Lipinski definition) is 3. The molecule has 1 atom stereocenters. The van der Waals surface area contributed by atoms with Crippen LogP contribution in [-0.4, -0.2) is 12.0 Å². The van der Waals surface area contributed by atoms with Crippen molar-refractivity contribution in [1.29, 1.82) is 0 Å². The number of rotatable bonds is 3. The Kier molecular flexibility index (Phi) is 4.05. The molecular weight excluding hydrogens is 264 g/mol. The molecule has 0 saturated heterocycles. The van der Waals surface area contributed by atoms with Gasteiger partial charge in [-0.1, -0.05) is 23.7 Å². The van der Waals surface area contributed by atoms with Gasteiger partial charge in [0.05, 0.1) is 16.7 Å². The van der Waals surface area contributed by atoms with E-state index in [2.05, 4.69) is 29.4 Å². The maximum Gasteiger partial charge on any atom is 0.0900 e. The van der Waals surface area contributed by atoms with E-state index in [-0.39, 0.29) is 6.04 Å². The van der Waals surface area contributed by atoms with E-state index >= 15 is 0 Å². The lowest BCUT2D eigenvalue weighted by Crippen LogP contribution is -2.17. The average molecular weight is 281 g/mol. The van der Waals surface area contributed by atoms with Gasteiger partial charge in [0.25, 0.3) is 0 Å². The summed E-state index contributed by atoms with van der Waals surface area (Å²) in [7, 11) is 1.97. The molecule has 96 valence electrons. The molecule has 4 heteroatoms. The maximum absolute atomic E-state index is 6.21. The van der Waals surface area contributed by atoms with Crippen LogP contribution in [0, 0.1) is 20.8 Å². The molecule has 0 saturated carbocycles. The van der Waals surface area contributed by atoms with Gasteiger partial charge in [-0.3, -0.25) is 0 Å². The molecular formula is C14H17ClN2S. The minimum absolute atomic E-state index is 0.161. The Bertz CT molecular complexity index is 563. The average Bonchev–Trinajstić information content (AvgIpc) is 2.64. The van der Waals surface area contributed by atoms with E-state index in [0.29, 0.717) is 0 Å². The zero-order chi connectivity index (χ0) is 13.3. The van der Waals surface area contributed by atoms with Crippen LogP contribution in [0.5, 0.6) is 0 Å². The molecule has 0 aliphatic carbocycles. The summed E-state index contributed by atoms with van der Waals surface area (Å²) in [5.41, 5.74) is 3.38. The number of nitrogens with zero attached hydrogens (tertiary/aromatic N) is 1. The molecule has 0 aliphatic rings. The van der Waals surface area contributed by atoms with Crippen molar-refractivity contribution >= 4 is 22.9 Å². The van der Waals surface area contributed by atoms with E-state index in [4.69, 9.17) is 11.6 Å². The number of aryl methyl sites for hydroxylation is 3. The maximum atomic E-state index is 6.21. The van der Waals surface area contributed by atoms with E-state index in [1.165, 1.54) is 10.4 Å². The zero-order valence-corrected chi connectivity index (χ0v) is 12.6. The van der Waals surface area contributed by atoms with Gasteiger partial charge in [-0.15, -0.1) is 11.3 Å². The minimum atomic E-state index is 0.161. The monoisotopic (exact) mass is 280 g/mol. The van der Waals surface area contributed by atoms with Crippen molar-refractivity contribution in [3.8, 4) is 0 Å². The molecule has 1 heterocycles. The van der Waals surface area contributed by atoms with Crippen molar-refractivity contribution in [1.82, 2.24) is 10.3 Å². The lowest BCUT2D eigenvalue weighted by Gasteiger charge is -2.16. The highest BCUT2D eigenvalue weighted by Gasteiger charge is 2.18. The molecule has 1 unspecified atom stereocenters. The third kappa shape index (κ3) is 2.58. The molecule has 0 radical (unpaired) electrons. The van der Waals surface area contributed by atoms with Crippen molar-refractivity contribution in [3.63, 3.8) is 0 Å². The van der Waals surface area contributed by atoms with E-state index in [9.17, 15) is 0 Å². The van der Waals surface area contributed by atoms with Crippen LogP contribution in [0.25, 0.3) is 0 Å². The number of halogens is 1. The van der Waals surface area contributed by atoms with Crippen molar-refractivity contribution in [2.24, 2.45) is 0 Å². The fourth-order valence-corrected chi connectivity index (χ4v) is 3.31. The van der Waals surface area contributed by atoms with Crippen LogP contribution in [0.15, 0.2) is 18.2 Å². The standard InChI is InChI=1S/C14H17ClN2S/c1-8-5-6-11(7-12(8)15)13(16-4)14-9(2)17-10(3)18-14/h5-7,13,16H,1-4H3. The van der Waals surface area contributed by atoms with E-state index in [1.54, 1.807) is 11.3 Å². The zero-order valence-electron chi connectivity index (χ0n) is 11.0. The molecule has 2 aromatic rings. The Balaban J connectivity index is 2.45. The lowest BCUT2D eigenvalue weighted by molar-refractivity contribution is 0.697. The minimum Gasteiger partial charge on any atom is -0.309 e. The highest BCUT2D eigenvalue weighted by molar-refractivity contribution is 7.11. The van der Waals surface area contributed by atoms with Gasteiger partial charge < -0.3 is 5.32 Å². The normalized spacial score (nSPS) is 12.7. The molecule has 1 N–H and O–H groups in total. The quantitative estimate of drug-likeness (QED) is 0.918. The summed E-state index contributed by atoms with van der Waals surface area (Å²) >= 11 is 7.94. The Morgan fingerprint density at radius 1 is 1.28 bits per heavy atom. The Morgan fingerprint density at radius 3 is 2.50 bits per heavy atom. The van der Waals surface area contributed by atoms with E-state index in [0.717, 1.165) is 21.3 Å². The summed E-state index contributed by atoms with van der Waals surface area (Å²) in [4.78, 5) is 5.75. The molecule has 1 aromatic heterocycles. The summed E-state index contributed by atoms with van der Waals surface area (Å²) in [6.45, 7) is 6.11. The Hall–Kier alpha value is -0.900. The molecule has 18 heavy (non-hydrogen) atoms. The van der Waals surface area contributed by atoms with Gasteiger partial charge in [0.1, 0.15) is 0 Å². The first kappa shape index (κ1) is 13.5. The first-order valence-electron chi connectivity index (χ1n) is 5.90. The summed E-state index contributed by atoms with van der Waals surface area (Å²) < 4.78 is 0. The van der Waals surface area contributed by atoms with Crippen molar-refractivity contribution in [3.05, 3.63) is 49.9 Å². The predicted octanol–water partition coefficient (Wildman–Crippen LogP) is 4.03. The van der Waals surface area contributed by atoms with Gasteiger partial charge in [0.2, 0.25) is 0 Å². The molecule has 2 rings (SSSR count). The molecule has 0 fully saturated rings. The van der Waals surface area contributed by atoms with Gasteiger partial charge in [-0.2, -0.15) is 0 Å². The fraction of sp³-hybridized carbons (Fsp3) is 0.357. The summed E-state index contributed by atoms with van der Waals surface area (Å²) in [5.74, 6) is 0.